The van der Waals surface area contributed by atoms with Gasteiger partial charge in [-0.15, -0.1) is 11.3 Å². The number of hydrogen-bond acceptors (Lipinski definition) is 4. The second kappa shape index (κ2) is 9.54. The van der Waals surface area contributed by atoms with E-state index in [-0.39, 0.29) is 5.91 Å². The highest BCUT2D eigenvalue weighted by atomic mass is 35.5. The van der Waals surface area contributed by atoms with Crippen LogP contribution in [0, 0.1) is 13.8 Å². The lowest BCUT2D eigenvalue weighted by Crippen LogP contribution is -2.19. The van der Waals surface area contributed by atoms with Gasteiger partial charge in [0.25, 0.3) is 0 Å². The van der Waals surface area contributed by atoms with Gasteiger partial charge < -0.3 is 10.6 Å². The molecule has 0 saturated heterocycles. The fourth-order valence-electron chi connectivity index (χ4n) is 2.63. The van der Waals surface area contributed by atoms with Crippen molar-refractivity contribution in [2.45, 2.75) is 26.7 Å². The Bertz CT molecular complexity index is 1040. The summed E-state index contributed by atoms with van der Waals surface area (Å²) in [5.41, 5.74) is 4.29. The summed E-state index contributed by atoms with van der Waals surface area (Å²) in [7, 11) is 0. The average Bonchev–Trinajstić information content (AvgIpc) is 3.10. The lowest BCUT2D eigenvalue weighted by Gasteiger charge is -2.09. The molecule has 0 saturated carbocycles. The maximum Gasteiger partial charge on any atom is 0.325 e. The topological polar surface area (TPSA) is 83.1 Å². The average molecular weight is 429 g/mol. The van der Waals surface area contributed by atoms with Gasteiger partial charge in [-0.3, -0.25) is 10.1 Å². The van der Waals surface area contributed by atoms with Crippen molar-refractivity contribution in [1.82, 2.24) is 4.98 Å². The largest absolute Gasteiger partial charge is 0.326 e. The van der Waals surface area contributed by atoms with Gasteiger partial charge in [0.15, 0.2) is 5.13 Å². The molecule has 3 N–H and O–H groups in total. The summed E-state index contributed by atoms with van der Waals surface area (Å²) in [5.74, 6) is -0.0695. The quantitative estimate of drug-likeness (QED) is 0.475. The van der Waals surface area contributed by atoms with Crippen LogP contribution in [-0.4, -0.2) is 16.9 Å². The van der Waals surface area contributed by atoms with E-state index in [9.17, 15) is 9.59 Å². The van der Waals surface area contributed by atoms with Crippen LogP contribution >= 0.6 is 22.9 Å². The predicted molar refractivity (Wildman–Crippen MR) is 119 cm³/mol. The van der Waals surface area contributed by atoms with Gasteiger partial charge in [0.1, 0.15) is 0 Å². The number of hydrogen-bond donors (Lipinski definition) is 3. The van der Waals surface area contributed by atoms with Crippen molar-refractivity contribution in [2.75, 3.05) is 16.0 Å². The number of amides is 3. The molecule has 0 radical (unpaired) electrons. The van der Waals surface area contributed by atoms with Gasteiger partial charge in [-0.2, -0.15) is 0 Å². The number of benzene rings is 2. The second-order valence-corrected chi connectivity index (χ2v) is 7.89. The molecule has 2 aromatic carbocycles. The summed E-state index contributed by atoms with van der Waals surface area (Å²) in [6.45, 7) is 3.95. The van der Waals surface area contributed by atoms with E-state index >= 15 is 0 Å². The molecule has 0 unspecified atom stereocenters. The molecule has 1 heterocycles. The van der Waals surface area contributed by atoms with Crippen molar-refractivity contribution >= 4 is 51.4 Å². The van der Waals surface area contributed by atoms with Crippen LogP contribution in [0.1, 0.15) is 23.2 Å². The molecular weight excluding hydrogens is 408 g/mol. The summed E-state index contributed by atoms with van der Waals surface area (Å²) < 4.78 is 0. The van der Waals surface area contributed by atoms with E-state index < -0.39 is 6.03 Å². The van der Waals surface area contributed by atoms with Crippen molar-refractivity contribution in [2.24, 2.45) is 0 Å². The lowest BCUT2D eigenvalue weighted by molar-refractivity contribution is -0.116. The minimum Gasteiger partial charge on any atom is -0.326 e. The van der Waals surface area contributed by atoms with E-state index in [1.807, 2.05) is 37.4 Å². The first-order valence-corrected chi connectivity index (χ1v) is 10.3. The Hall–Kier alpha value is -2.90. The highest BCUT2D eigenvalue weighted by Gasteiger charge is 2.10. The molecule has 0 aliphatic rings. The van der Waals surface area contributed by atoms with Gasteiger partial charge in [-0.1, -0.05) is 29.8 Å². The molecule has 0 bridgehead atoms. The Morgan fingerprint density at radius 2 is 1.90 bits per heavy atom. The number of aromatic nitrogens is 1. The molecule has 8 heteroatoms. The van der Waals surface area contributed by atoms with Crippen LogP contribution < -0.4 is 16.0 Å². The summed E-state index contributed by atoms with van der Waals surface area (Å²) in [5, 5.41) is 11.2. The molecule has 3 aromatic rings. The zero-order valence-electron chi connectivity index (χ0n) is 16.1. The van der Waals surface area contributed by atoms with Gasteiger partial charge in [0.2, 0.25) is 5.91 Å². The molecule has 150 valence electrons. The Morgan fingerprint density at radius 3 is 2.69 bits per heavy atom. The Balaban J connectivity index is 1.49. The molecule has 0 aliphatic heterocycles. The lowest BCUT2D eigenvalue weighted by atomic mass is 10.1. The highest BCUT2D eigenvalue weighted by Crippen LogP contribution is 2.20. The van der Waals surface area contributed by atoms with Gasteiger partial charge >= 0.3 is 6.03 Å². The molecule has 6 nitrogen and oxygen atoms in total. The van der Waals surface area contributed by atoms with Crippen molar-refractivity contribution in [3.8, 4) is 0 Å². The third kappa shape index (κ3) is 6.30. The minimum atomic E-state index is -0.402. The minimum absolute atomic E-state index is 0.0695. The molecule has 0 atom stereocenters. The second-order valence-electron chi connectivity index (χ2n) is 6.60. The van der Waals surface area contributed by atoms with Crippen LogP contribution in [0.3, 0.4) is 0 Å². The van der Waals surface area contributed by atoms with Crippen LogP contribution in [0.2, 0.25) is 5.02 Å². The number of carbonyl (C=O) groups is 2. The van der Waals surface area contributed by atoms with Crippen molar-refractivity contribution in [3.63, 3.8) is 0 Å². The van der Waals surface area contributed by atoms with Crippen LogP contribution in [0.15, 0.2) is 47.8 Å². The van der Waals surface area contributed by atoms with Crippen molar-refractivity contribution < 1.29 is 9.59 Å². The smallest absolute Gasteiger partial charge is 0.325 e. The van der Waals surface area contributed by atoms with Crippen LogP contribution in [0.25, 0.3) is 0 Å². The van der Waals surface area contributed by atoms with Crippen LogP contribution in [0.5, 0.6) is 0 Å². The van der Waals surface area contributed by atoms with E-state index in [0.717, 1.165) is 22.5 Å². The van der Waals surface area contributed by atoms with E-state index in [0.29, 0.717) is 28.7 Å². The molecular formula is C21H21ClN4O2S. The van der Waals surface area contributed by atoms with Crippen molar-refractivity contribution in [3.05, 3.63) is 69.7 Å². The number of urea groups is 1. The van der Waals surface area contributed by atoms with E-state index in [4.69, 9.17) is 11.6 Å². The SMILES string of the molecule is Cc1ccc(C)c(NC(=O)CCc2csc(NC(=O)Nc3cccc(Cl)c3)n2)c1. The first kappa shape index (κ1) is 20.8. The number of anilines is 3. The molecule has 1 aromatic heterocycles. The fourth-order valence-corrected chi connectivity index (χ4v) is 3.56. The van der Waals surface area contributed by atoms with Gasteiger partial charge in [-0.25, -0.2) is 9.78 Å². The molecule has 3 amide bonds. The standard InChI is InChI=1S/C21H21ClN4O2S/c1-13-6-7-14(2)18(10-13)25-19(27)9-8-17-12-29-21(24-17)26-20(28)23-16-5-3-4-15(22)11-16/h3-7,10-12H,8-9H2,1-2H3,(H,25,27)(H2,23,24,26,28). The molecule has 0 aliphatic carbocycles. The number of rotatable bonds is 6. The summed E-state index contributed by atoms with van der Waals surface area (Å²) in [6, 6.07) is 12.4. The fraction of sp³-hybridized carbons (Fsp3) is 0.190. The zero-order valence-corrected chi connectivity index (χ0v) is 17.7. The third-order valence-corrected chi connectivity index (χ3v) is 5.17. The van der Waals surface area contributed by atoms with Gasteiger partial charge in [-0.05, 0) is 55.7 Å². The normalized spacial score (nSPS) is 10.4. The molecule has 0 fully saturated rings. The number of nitrogens with one attached hydrogen (secondary N) is 3. The van der Waals surface area contributed by atoms with Crippen LogP contribution in [-0.2, 0) is 11.2 Å². The third-order valence-electron chi connectivity index (χ3n) is 4.13. The Morgan fingerprint density at radius 1 is 1.07 bits per heavy atom. The van der Waals surface area contributed by atoms with Gasteiger partial charge in [0.05, 0.1) is 5.69 Å². The molecule has 29 heavy (non-hydrogen) atoms. The van der Waals surface area contributed by atoms with Crippen molar-refractivity contribution in [1.29, 1.82) is 0 Å². The number of aryl methyl sites for hydroxylation is 3. The summed E-state index contributed by atoms with van der Waals surface area (Å²) in [4.78, 5) is 28.7. The number of halogens is 1. The van der Waals surface area contributed by atoms with Crippen LogP contribution in [0.4, 0.5) is 21.3 Å². The number of carbonyl (C=O) groups excluding carboxylic acids is 2. The summed E-state index contributed by atoms with van der Waals surface area (Å²) >= 11 is 7.22. The maximum absolute atomic E-state index is 12.2. The molecule has 0 spiro atoms. The number of thiazole rings is 1. The first-order chi connectivity index (χ1) is 13.9. The maximum atomic E-state index is 12.2. The van der Waals surface area contributed by atoms with E-state index in [1.54, 1.807) is 24.3 Å². The number of nitrogens with zero attached hydrogens (tertiary/aromatic N) is 1. The Labute approximate surface area is 178 Å². The van der Waals surface area contributed by atoms with E-state index in [1.165, 1.54) is 11.3 Å². The molecule has 3 rings (SSSR count). The summed E-state index contributed by atoms with van der Waals surface area (Å²) in [6.07, 6.45) is 0.802. The predicted octanol–water partition coefficient (Wildman–Crippen LogP) is 5.63. The highest BCUT2D eigenvalue weighted by molar-refractivity contribution is 7.13. The zero-order chi connectivity index (χ0) is 20.8. The van der Waals surface area contributed by atoms with E-state index in [2.05, 4.69) is 20.9 Å². The monoisotopic (exact) mass is 428 g/mol. The first-order valence-electron chi connectivity index (χ1n) is 9.04. The van der Waals surface area contributed by atoms with Gasteiger partial charge in [0, 0.05) is 28.2 Å². The Kier molecular flexibility index (Phi) is 6.85.